The van der Waals surface area contributed by atoms with Crippen molar-refractivity contribution in [3.8, 4) is 0 Å². The number of hydrogen-bond donors (Lipinski definition) is 0. The normalized spacial score (nSPS) is 28.7. The highest BCUT2D eigenvalue weighted by Crippen LogP contribution is 2.23. The summed E-state index contributed by atoms with van der Waals surface area (Å²) in [5, 5.41) is 0. The maximum atomic E-state index is 13.2. The maximum Gasteiger partial charge on any atom is 0.159 e. The molecule has 4 nitrogen and oxygen atoms in total. The molecule has 2 fully saturated rings. The third kappa shape index (κ3) is 6.62. The van der Waals surface area contributed by atoms with E-state index in [1.807, 2.05) is 0 Å². The molecule has 2 saturated heterocycles. The molecule has 1 aromatic carbocycles. The Kier molecular flexibility index (Phi) is 8.40. The van der Waals surface area contributed by atoms with E-state index in [2.05, 4.69) is 19.1 Å². The molecular formula is C22H30F2O4. The van der Waals surface area contributed by atoms with Crippen molar-refractivity contribution < 1.29 is 27.7 Å². The number of benzene rings is 1. The predicted octanol–water partition coefficient (Wildman–Crippen LogP) is 4.62. The van der Waals surface area contributed by atoms with Crippen molar-refractivity contribution in [2.24, 2.45) is 11.8 Å². The summed E-state index contributed by atoms with van der Waals surface area (Å²) in [6, 6.07) is 3.98. The van der Waals surface area contributed by atoms with Crippen molar-refractivity contribution in [2.75, 3.05) is 26.4 Å². The van der Waals surface area contributed by atoms with Crippen LogP contribution in [0.1, 0.15) is 38.2 Å². The summed E-state index contributed by atoms with van der Waals surface area (Å²) < 4.78 is 49.4. The number of halogens is 2. The van der Waals surface area contributed by atoms with Crippen LogP contribution in [-0.4, -0.2) is 39.0 Å². The van der Waals surface area contributed by atoms with Gasteiger partial charge in [0.15, 0.2) is 24.2 Å². The Morgan fingerprint density at radius 3 is 2.25 bits per heavy atom. The van der Waals surface area contributed by atoms with E-state index in [1.165, 1.54) is 6.07 Å². The standard InChI is InChI=1S/C22H30F2O4/c1-2-3-4-17-12-25-22(26-13-17)10-7-18-14-27-21(28-15-18)9-6-16-5-8-19(23)20(24)11-16/h3-5,8,11,17-18,21-22H,2,6-7,9-10,12-15H2,1H3/b4-3+/t17-,18?,21?,22-. The van der Waals surface area contributed by atoms with Gasteiger partial charge >= 0.3 is 0 Å². The van der Waals surface area contributed by atoms with E-state index in [4.69, 9.17) is 18.9 Å². The quantitative estimate of drug-likeness (QED) is 0.601. The lowest BCUT2D eigenvalue weighted by atomic mass is 10.0. The smallest absolute Gasteiger partial charge is 0.159 e. The molecule has 6 heteroatoms. The van der Waals surface area contributed by atoms with Crippen molar-refractivity contribution in [1.29, 1.82) is 0 Å². The second-order valence-corrected chi connectivity index (χ2v) is 7.52. The molecule has 3 rings (SSSR count). The third-order valence-corrected chi connectivity index (χ3v) is 5.14. The van der Waals surface area contributed by atoms with Gasteiger partial charge in [-0.25, -0.2) is 8.78 Å². The van der Waals surface area contributed by atoms with Gasteiger partial charge in [0, 0.05) is 18.3 Å². The molecule has 2 aliphatic heterocycles. The van der Waals surface area contributed by atoms with Crippen LogP contribution in [0.15, 0.2) is 30.4 Å². The Hall–Kier alpha value is -1.34. The Labute approximate surface area is 165 Å². The highest BCUT2D eigenvalue weighted by atomic mass is 19.2. The van der Waals surface area contributed by atoms with Gasteiger partial charge in [-0.15, -0.1) is 0 Å². The molecular weight excluding hydrogens is 366 g/mol. The van der Waals surface area contributed by atoms with Gasteiger partial charge in [-0.05, 0) is 43.4 Å². The SMILES string of the molecule is CC/C=C/[C@H]1CO[C@H](CCC2COC(CCc3ccc(F)c(F)c3)OC2)OC1. The molecule has 0 N–H and O–H groups in total. The summed E-state index contributed by atoms with van der Waals surface area (Å²) in [6.07, 6.45) is 7.88. The van der Waals surface area contributed by atoms with Gasteiger partial charge in [-0.1, -0.05) is 25.1 Å². The predicted molar refractivity (Wildman–Crippen MR) is 102 cm³/mol. The van der Waals surface area contributed by atoms with E-state index >= 15 is 0 Å². The average molecular weight is 396 g/mol. The van der Waals surface area contributed by atoms with E-state index in [9.17, 15) is 8.78 Å². The van der Waals surface area contributed by atoms with Crippen LogP contribution < -0.4 is 0 Å². The fourth-order valence-corrected chi connectivity index (χ4v) is 3.43. The minimum Gasteiger partial charge on any atom is -0.352 e. The van der Waals surface area contributed by atoms with Gasteiger partial charge in [-0.2, -0.15) is 0 Å². The molecule has 0 aromatic heterocycles. The molecule has 0 radical (unpaired) electrons. The summed E-state index contributed by atoms with van der Waals surface area (Å²) >= 11 is 0. The molecule has 28 heavy (non-hydrogen) atoms. The van der Waals surface area contributed by atoms with Crippen LogP contribution >= 0.6 is 0 Å². The topological polar surface area (TPSA) is 36.9 Å². The molecule has 0 aliphatic carbocycles. The number of ether oxygens (including phenoxy) is 4. The summed E-state index contributed by atoms with van der Waals surface area (Å²) in [5.41, 5.74) is 0.743. The van der Waals surface area contributed by atoms with Gasteiger partial charge in [0.2, 0.25) is 0 Å². The largest absolute Gasteiger partial charge is 0.352 e. The van der Waals surface area contributed by atoms with Gasteiger partial charge in [0.25, 0.3) is 0 Å². The Morgan fingerprint density at radius 2 is 1.57 bits per heavy atom. The van der Waals surface area contributed by atoms with Crippen LogP contribution in [0.2, 0.25) is 0 Å². The minimum absolute atomic E-state index is 0.141. The molecule has 0 bridgehead atoms. The first-order valence-electron chi connectivity index (χ1n) is 10.2. The van der Waals surface area contributed by atoms with Crippen molar-refractivity contribution in [3.05, 3.63) is 47.5 Å². The van der Waals surface area contributed by atoms with Crippen LogP contribution in [0.5, 0.6) is 0 Å². The van der Waals surface area contributed by atoms with Crippen LogP contribution in [0, 0.1) is 23.5 Å². The number of aryl methyl sites for hydroxylation is 1. The zero-order valence-corrected chi connectivity index (χ0v) is 16.4. The lowest BCUT2D eigenvalue weighted by Gasteiger charge is -2.32. The molecule has 0 saturated carbocycles. The summed E-state index contributed by atoms with van der Waals surface area (Å²) in [7, 11) is 0. The van der Waals surface area contributed by atoms with Crippen molar-refractivity contribution in [2.45, 2.75) is 51.6 Å². The fraction of sp³-hybridized carbons (Fsp3) is 0.636. The van der Waals surface area contributed by atoms with Gasteiger partial charge in [0.05, 0.1) is 26.4 Å². The van der Waals surface area contributed by atoms with Crippen molar-refractivity contribution >= 4 is 0 Å². The zero-order valence-electron chi connectivity index (χ0n) is 16.4. The monoisotopic (exact) mass is 396 g/mol. The van der Waals surface area contributed by atoms with E-state index < -0.39 is 11.6 Å². The number of rotatable bonds is 8. The Balaban J connectivity index is 1.29. The molecule has 0 spiro atoms. The number of allylic oxidation sites excluding steroid dienone is 1. The van der Waals surface area contributed by atoms with Gasteiger partial charge in [0.1, 0.15) is 0 Å². The Bertz CT molecular complexity index is 621. The molecule has 156 valence electrons. The molecule has 2 heterocycles. The highest BCUT2D eigenvalue weighted by Gasteiger charge is 2.25. The highest BCUT2D eigenvalue weighted by molar-refractivity contribution is 5.17. The molecule has 1 aromatic rings. The lowest BCUT2D eigenvalue weighted by molar-refractivity contribution is -0.215. The average Bonchev–Trinajstić information content (AvgIpc) is 2.73. The van der Waals surface area contributed by atoms with Crippen LogP contribution in [0.25, 0.3) is 0 Å². The van der Waals surface area contributed by atoms with Crippen molar-refractivity contribution in [3.63, 3.8) is 0 Å². The van der Waals surface area contributed by atoms with E-state index in [0.717, 1.165) is 30.9 Å². The van der Waals surface area contributed by atoms with Crippen LogP contribution in [0.3, 0.4) is 0 Å². The summed E-state index contributed by atoms with van der Waals surface area (Å²) in [6.45, 7) is 4.81. The van der Waals surface area contributed by atoms with Crippen LogP contribution in [0.4, 0.5) is 8.78 Å². The molecule has 0 amide bonds. The van der Waals surface area contributed by atoms with Gasteiger partial charge in [-0.3, -0.25) is 0 Å². The molecule has 0 atom stereocenters. The fourth-order valence-electron chi connectivity index (χ4n) is 3.43. The van der Waals surface area contributed by atoms with Crippen LogP contribution in [-0.2, 0) is 25.4 Å². The summed E-state index contributed by atoms with van der Waals surface area (Å²) in [4.78, 5) is 0. The molecule has 0 unspecified atom stereocenters. The van der Waals surface area contributed by atoms with Gasteiger partial charge < -0.3 is 18.9 Å². The minimum atomic E-state index is -0.823. The van der Waals surface area contributed by atoms with E-state index in [0.29, 0.717) is 51.1 Å². The second-order valence-electron chi connectivity index (χ2n) is 7.52. The maximum absolute atomic E-state index is 13.2. The van der Waals surface area contributed by atoms with E-state index in [1.54, 1.807) is 6.07 Å². The Morgan fingerprint density at radius 1 is 0.893 bits per heavy atom. The first kappa shape index (κ1) is 21.4. The third-order valence-electron chi connectivity index (χ3n) is 5.14. The molecule has 2 aliphatic rings. The zero-order chi connectivity index (χ0) is 19.8. The summed E-state index contributed by atoms with van der Waals surface area (Å²) in [5.74, 6) is -0.962. The van der Waals surface area contributed by atoms with Crippen molar-refractivity contribution in [1.82, 2.24) is 0 Å². The number of hydrogen-bond acceptors (Lipinski definition) is 4. The lowest BCUT2D eigenvalue weighted by Crippen LogP contribution is -2.35. The first-order valence-corrected chi connectivity index (χ1v) is 10.2. The van der Waals surface area contributed by atoms with E-state index in [-0.39, 0.29) is 12.6 Å². The first-order chi connectivity index (χ1) is 13.6. The second kappa shape index (κ2) is 11.0.